The highest BCUT2D eigenvalue weighted by atomic mass is 16.4. The predicted molar refractivity (Wildman–Crippen MR) is 91.1 cm³/mol. The molecule has 1 atom stereocenters. The number of carbonyl (C=O) groups excluding carboxylic acids is 3. The van der Waals surface area contributed by atoms with Crippen molar-refractivity contribution in [3.05, 3.63) is 65.2 Å². The van der Waals surface area contributed by atoms with Crippen molar-refractivity contribution in [1.82, 2.24) is 4.90 Å². The van der Waals surface area contributed by atoms with E-state index in [9.17, 15) is 24.3 Å². The molecular formula is C19H14N2O5. The Bertz CT molecular complexity index is 933. The Morgan fingerprint density at radius 3 is 2.04 bits per heavy atom. The van der Waals surface area contributed by atoms with Gasteiger partial charge in [-0.15, -0.1) is 0 Å². The van der Waals surface area contributed by atoms with E-state index in [4.69, 9.17) is 0 Å². The van der Waals surface area contributed by atoms with Gasteiger partial charge in [0.1, 0.15) is 6.04 Å². The molecule has 7 heteroatoms. The Labute approximate surface area is 148 Å². The van der Waals surface area contributed by atoms with E-state index in [1.54, 1.807) is 36.4 Å². The van der Waals surface area contributed by atoms with Crippen LogP contribution < -0.4 is 4.90 Å². The molecule has 2 aromatic carbocycles. The van der Waals surface area contributed by atoms with Crippen molar-refractivity contribution in [3.63, 3.8) is 0 Å². The van der Waals surface area contributed by atoms with Gasteiger partial charge in [0, 0.05) is 6.54 Å². The monoisotopic (exact) mass is 350 g/mol. The summed E-state index contributed by atoms with van der Waals surface area (Å²) in [6, 6.07) is 11.8. The normalized spacial score (nSPS) is 18.5. The number of rotatable bonds is 3. The van der Waals surface area contributed by atoms with Gasteiger partial charge in [-0.2, -0.15) is 0 Å². The number of hydrogen-bond donors (Lipinski definition) is 1. The largest absolute Gasteiger partial charge is 0.480 e. The molecule has 2 aliphatic heterocycles. The third kappa shape index (κ3) is 2.21. The fourth-order valence-electron chi connectivity index (χ4n) is 3.30. The van der Waals surface area contributed by atoms with E-state index in [1.165, 1.54) is 17.0 Å². The SMILES string of the molecule is O=C(O)[C@@H]1CCN1C(=O)c1ccccc1N1C(=O)c2ccccc2C1=O. The number of amides is 3. The first-order chi connectivity index (χ1) is 12.5. The summed E-state index contributed by atoms with van der Waals surface area (Å²) in [5.41, 5.74) is 0.868. The summed E-state index contributed by atoms with van der Waals surface area (Å²) >= 11 is 0. The fourth-order valence-corrected chi connectivity index (χ4v) is 3.30. The molecule has 2 aromatic rings. The minimum Gasteiger partial charge on any atom is -0.480 e. The number of carboxylic acids is 1. The second-order valence-corrected chi connectivity index (χ2v) is 6.15. The van der Waals surface area contributed by atoms with Crippen molar-refractivity contribution < 1.29 is 24.3 Å². The molecule has 0 aliphatic carbocycles. The molecular weight excluding hydrogens is 336 g/mol. The lowest BCUT2D eigenvalue weighted by Crippen LogP contribution is -2.55. The van der Waals surface area contributed by atoms with Crippen LogP contribution in [0.2, 0.25) is 0 Å². The van der Waals surface area contributed by atoms with Crippen molar-refractivity contribution in [2.45, 2.75) is 12.5 Å². The molecule has 0 bridgehead atoms. The summed E-state index contributed by atoms with van der Waals surface area (Å²) in [5, 5.41) is 9.17. The smallest absolute Gasteiger partial charge is 0.326 e. The van der Waals surface area contributed by atoms with E-state index >= 15 is 0 Å². The molecule has 2 heterocycles. The van der Waals surface area contributed by atoms with Crippen LogP contribution in [0.3, 0.4) is 0 Å². The standard InChI is InChI=1S/C19H14N2O5/c22-16(20-10-9-15(20)19(25)26)13-7-3-4-8-14(13)21-17(23)11-5-1-2-6-12(11)18(21)24/h1-8,15H,9-10H2,(H,25,26)/t15-/m0/s1. The number of hydrogen-bond acceptors (Lipinski definition) is 4. The van der Waals surface area contributed by atoms with Crippen molar-refractivity contribution in [1.29, 1.82) is 0 Å². The summed E-state index contributed by atoms with van der Waals surface area (Å²) in [5.74, 6) is -2.56. The number of aliphatic carboxylic acids is 1. The third-order valence-corrected chi connectivity index (χ3v) is 4.74. The first-order valence-corrected chi connectivity index (χ1v) is 8.11. The molecule has 1 saturated heterocycles. The number of imide groups is 1. The lowest BCUT2D eigenvalue weighted by molar-refractivity contribution is -0.146. The van der Waals surface area contributed by atoms with Gasteiger partial charge >= 0.3 is 5.97 Å². The van der Waals surface area contributed by atoms with E-state index < -0.39 is 29.7 Å². The topological polar surface area (TPSA) is 95.0 Å². The molecule has 2 aliphatic rings. The van der Waals surface area contributed by atoms with Crippen LogP contribution in [0, 0.1) is 0 Å². The van der Waals surface area contributed by atoms with Crippen LogP contribution in [0.5, 0.6) is 0 Å². The van der Waals surface area contributed by atoms with Gasteiger partial charge in [-0.05, 0) is 30.7 Å². The molecule has 130 valence electrons. The number of fused-ring (bicyclic) bond motifs is 1. The molecule has 7 nitrogen and oxygen atoms in total. The van der Waals surface area contributed by atoms with Crippen molar-refractivity contribution in [3.8, 4) is 0 Å². The maximum atomic E-state index is 12.8. The van der Waals surface area contributed by atoms with E-state index in [2.05, 4.69) is 0 Å². The lowest BCUT2D eigenvalue weighted by atomic mass is 10.0. The number of para-hydroxylation sites is 1. The van der Waals surface area contributed by atoms with E-state index in [-0.39, 0.29) is 22.4 Å². The number of likely N-dealkylation sites (tertiary alicyclic amines) is 1. The molecule has 0 unspecified atom stereocenters. The molecule has 0 aromatic heterocycles. The highest BCUT2D eigenvalue weighted by Crippen LogP contribution is 2.32. The van der Waals surface area contributed by atoms with Crippen LogP contribution in [0.4, 0.5) is 5.69 Å². The number of benzene rings is 2. The van der Waals surface area contributed by atoms with Crippen molar-refractivity contribution in [2.75, 3.05) is 11.4 Å². The van der Waals surface area contributed by atoms with Gasteiger partial charge in [-0.1, -0.05) is 24.3 Å². The van der Waals surface area contributed by atoms with Crippen LogP contribution in [-0.2, 0) is 4.79 Å². The Morgan fingerprint density at radius 2 is 1.50 bits per heavy atom. The number of anilines is 1. The van der Waals surface area contributed by atoms with Gasteiger partial charge in [-0.25, -0.2) is 9.69 Å². The summed E-state index contributed by atoms with van der Waals surface area (Å²) in [4.78, 5) is 51.6. The van der Waals surface area contributed by atoms with E-state index in [1.807, 2.05) is 0 Å². The van der Waals surface area contributed by atoms with Crippen LogP contribution >= 0.6 is 0 Å². The first kappa shape index (κ1) is 16.0. The van der Waals surface area contributed by atoms with Gasteiger partial charge in [0.25, 0.3) is 17.7 Å². The Balaban J connectivity index is 1.74. The number of carboxylic acid groups (broad SMARTS) is 1. The molecule has 4 rings (SSSR count). The lowest BCUT2D eigenvalue weighted by Gasteiger charge is -2.38. The van der Waals surface area contributed by atoms with Crippen LogP contribution in [-0.4, -0.2) is 46.3 Å². The van der Waals surface area contributed by atoms with Gasteiger partial charge in [0.05, 0.1) is 22.4 Å². The molecule has 0 radical (unpaired) electrons. The minimum atomic E-state index is -1.07. The van der Waals surface area contributed by atoms with Crippen molar-refractivity contribution >= 4 is 29.4 Å². The Hall–Kier alpha value is -3.48. The summed E-state index contributed by atoms with van der Waals surface area (Å²) in [7, 11) is 0. The van der Waals surface area contributed by atoms with E-state index in [0.29, 0.717) is 13.0 Å². The van der Waals surface area contributed by atoms with E-state index in [0.717, 1.165) is 4.90 Å². The van der Waals surface area contributed by atoms with Crippen LogP contribution in [0.25, 0.3) is 0 Å². The highest BCUT2D eigenvalue weighted by Gasteiger charge is 2.41. The minimum absolute atomic E-state index is 0.132. The molecule has 1 N–H and O–H groups in total. The maximum Gasteiger partial charge on any atom is 0.326 e. The summed E-state index contributed by atoms with van der Waals surface area (Å²) in [6.07, 6.45) is 0.385. The van der Waals surface area contributed by atoms with Crippen LogP contribution in [0.15, 0.2) is 48.5 Å². The van der Waals surface area contributed by atoms with Gasteiger partial charge in [-0.3, -0.25) is 14.4 Å². The van der Waals surface area contributed by atoms with Gasteiger partial charge in [0.2, 0.25) is 0 Å². The van der Waals surface area contributed by atoms with Crippen molar-refractivity contribution in [2.24, 2.45) is 0 Å². The third-order valence-electron chi connectivity index (χ3n) is 4.74. The highest BCUT2D eigenvalue weighted by molar-refractivity contribution is 6.35. The second-order valence-electron chi connectivity index (χ2n) is 6.15. The predicted octanol–water partition coefficient (Wildman–Crippen LogP) is 1.79. The molecule has 0 saturated carbocycles. The summed E-state index contributed by atoms with van der Waals surface area (Å²) < 4.78 is 0. The average Bonchev–Trinajstić information content (AvgIpc) is 2.85. The van der Waals surface area contributed by atoms with Gasteiger partial charge < -0.3 is 10.0 Å². The zero-order chi connectivity index (χ0) is 18.4. The Kier molecular flexibility index (Phi) is 3.57. The molecule has 0 spiro atoms. The molecule has 1 fully saturated rings. The van der Waals surface area contributed by atoms with Crippen LogP contribution in [0.1, 0.15) is 37.5 Å². The van der Waals surface area contributed by atoms with Gasteiger partial charge in [0.15, 0.2) is 0 Å². The maximum absolute atomic E-state index is 12.8. The zero-order valence-electron chi connectivity index (χ0n) is 13.6. The summed E-state index contributed by atoms with van der Waals surface area (Å²) in [6.45, 7) is 0.326. The second kappa shape index (κ2) is 5.80. The first-order valence-electron chi connectivity index (χ1n) is 8.11. The zero-order valence-corrected chi connectivity index (χ0v) is 13.6. The number of nitrogens with zero attached hydrogens (tertiary/aromatic N) is 2. The molecule has 3 amide bonds. The number of carbonyl (C=O) groups is 4. The average molecular weight is 350 g/mol. The fraction of sp³-hybridized carbons (Fsp3) is 0.158. The molecule has 26 heavy (non-hydrogen) atoms. The Morgan fingerprint density at radius 1 is 0.923 bits per heavy atom. The quantitative estimate of drug-likeness (QED) is 0.852.